The van der Waals surface area contributed by atoms with Gasteiger partial charge >= 0.3 is 5.97 Å². The fourth-order valence-electron chi connectivity index (χ4n) is 8.61. The highest BCUT2D eigenvalue weighted by molar-refractivity contribution is 6.77. The van der Waals surface area contributed by atoms with E-state index in [1.54, 1.807) is 38.5 Å². The van der Waals surface area contributed by atoms with E-state index in [-0.39, 0.29) is 53.4 Å². The van der Waals surface area contributed by atoms with Crippen LogP contribution in [0.2, 0.25) is 16.6 Å². The second-order valence-corrected chi connectivity index (χ2v) is 20.3. The lowest BCUT2D eigenvalue weighted by molar-refractivity contribution is -0.289. The summed E-state index contributed by atoms with van der Waals surface area (Å²) in [5, 5.41) is 10.2. The van der Waals surface area contributed by atoms with E-state index in [1.807, 2.05) is 13.0 Å². The molecule has 4 rings (SSSR count). The van der Waals surface area contributed by atoms with Crippen molar-refractivity contribution in [1.82, 2.24) is 0 Å². The molecule has 3 aliphatic rings. The molecule has 0 radical (unpaired) electrons. The topological polar surface area (TPSA) is 123 Å². The van der Waals surface area contributed by atoms with Crippen LogP contribution < -0.4 is 0 Å². The average Bonchev–Trinajstić information content (AvgIpc) is 3.04. The number of rotatable bonds is 13. The van der Waals surface area contributed by atoms with Crippen LogP contribution in [0.5, 0.6) is 0 Å². The molecule has 0 saturated carbocycles. The highest BCUT2D eigenvalue weighted by atomic mass is 28.4. The molecule has 3 saturated heterocycles. The van der Waals surface area contributed by atoms with Gasteiger partial charge in [0.1, 0.15) is 24.1 Å². The number of methoxy groups -OCH3 is 2. The Morgan fingerprint density at radius 3 is 2.12 bits per heavy atom. The first-order valence-electron chi connectivity index (χ1n) is 17.6. The van der Waals surface area contributed by atoms with E-state index in [4.69, 9.17) is 32.8 Å². The number of ether oxygens (including phenoxy) is 6. The first kappa shape index (κ1) is 38.6. The zero-order valence-electron chi connectivity index (χ0n) is 30.3. The molecule has 10 atom stereocenters. The molecule has 3 aliphatic heterocycles. The molecular weight excluding hydrogens is 630 g/mol. The van der Waals surface area contributed by atoms with Gasteiger partial charge in [-0.05, 0) is 48.5 Å². The van der Waals surface area contributed by atoms with Crippen LogP contribution in [-0.4, -0.2) is 95.8 Å². The minimum absolute atomic E-state index is 0.0566. The summed E-state index contributed by atoms with van der Waals surface area (Å²) in [5.41, 5.74) is -0.0106. The number of nitriles is 1. The van der Waals surface area contributed by atoms with E-state index in [0.717, 1.165) is 6.29 Å². The van der Waals surface area contributed by atoms with Crippen LogP contribution in [0.4, 0.5) is 0 Å². The Hall–Kier alpha value is -2.17. The zero-order valence-corrected chi connectivity index (χ0v) is 31.3. The van der Waals surface area contributed by atoms with Gasteiger partial charge < -0.3 is 37.6 Å². The Labute approximate surface area is 288 Å². The SMILES string of the molecule is COC[C@H]1O[C@H]2C[C@@H](C=O)C[C@H]3O[C@@](C)([C@@H](CC#N)O[Si](C(C)C)(C(C)C)C(C)C)[C@H](OC(=O)c4ccccc4)C[C@@H]3O[C@@H]2C[C@@H]1OC. The molecule has 0 aromatic heterocycles. The molecule has 0 unspecified atom stereocenters. The first-order chi connectivity index (χ1) is 22.8. The van der Waals surface area contributed by atoms with Crippen molar-refractivity contribution in [2.45, 2.75) is 152 Å². The summed E-state index contributed by atoms with van der Waals surface area (Å²) in [5.74, 6) is -0.836. The number of carbonyl (C=O) groups excluding carboxylic acids is 2. The van der Waals surface area contributed by atoms with Gasteiger partial charge in [-0.1, -0.05) is 59.7 Å². The summed E-state index contributed by atoms with van der Waals surface area (Å²) in [6.07, 6.45) is -0.974. The molecule has 268 valence electrons. The van der Waals surface area contributed by atoms with E-state index in [0.29, 0.717) is 37.9 Å². The smallest absolute Gasteiger partial charge is 0.338 e. The van der Waals surface area contributed by atoms with Gasteiger partial charge in [0.15, 0.2) is 0 Å². The van der Waals surface area contributed by atoms with E-state index in [1.165, 1.54) is 0 Å². The van der Waals surface area contributed by atoms with Crippen molar-refractivity contribution in [2.75, 3.05) is 20.8 Å². The number of fused-ring (bicyclic) bond motifs is 2. The minimum Gasteiger partial charge on any atom is -0.455 e. The van der Waals surface area contributed by atoms with Gasteiger partial charge in [0.2, 0.25) is 8.32 Å². The maximum absolute atomic E-state index is 13.7. The van der Waals surface area contributed by atoms with Crippen molar-refractivity contribution in [3.63, 3.8) is 0 Å². The summed E-state index contributed by atoms with van der Waals surface area (Å²) >= 11 is 0. The number of nitrogens with zero attached hydrogens (tertiary/aromatic N) is 1. The predicted octanol–water partition coefficient (Wildman–Crippen LogP) is 6.42. The van der Waals surface area contributed by atoms with Gasteiger partial charge in [-0.2, -0.15) is 5.26 Å². The van der Waals surface area contributed by atoms with Crippen LogP contribution in [-0.2, 0) is 37.6 Å². The Kier molecular flexibility index (Phi) is 13.4. The lowest BCUT2D eigenvalue weighted by Gasteiger charge is -2.55. The van der Waals surface area contributed by atoms with E-state index in [9.17, 15) is 14.9 Å². The Morgan fingerprint density at radius 1 is 0.958 bits per heavy atom. The van der Waals surface area contributed by atoms with Gasteiger partial charge in [0.25, 0.3) is 0 Å². The molecular formula is C37H57NO9Si. The fourth-order valence-corrected chi connectivity index (χ4v) is 14.2. The van der Waals surface area contributed by atoms with Crippen LogP contribution in [0, 0.1) is 17.2 Å². The highest BCUT2D eigenvalue weighted by Gasteiger charge is 2.58. The second-order valence-electron chi connectivity index (χ2n) is 14.9. The number of aldehydes is 1. The number of hydrogen-bond donors (Lipinski definition) is 0. The molecule has 0 spiro atoms. The van der Waals surface area contributed by atoms with E-state index < -0.39 is 44.3 Å². The molecule has 48 heavy (non-hydrogen) atoms. The summed E-state index contributed by atoms with van der Waals surface area (Å²) in [6, 6.07) is 11.2. The summed E-state index contributed by atoms with van der Waals surface area (Å²) in [4.78, 5) is 26.2. The molecule has 11 heteroatoms. The Morgan fingerprint density at radius 2 is 1.56 bits per heavy atom. The lowest BCUT2D eigenvalue weighted by atomic mass is 9.79. The monoisotopic (exact) mass is 687 g/mol. The molecule has 0 amide bonds. The third kappa shape index (κ3) is 8.07. The quantitative estimate of drug-likeness (QED) is 0.131. The summed E-state index contributed by atoms with van der Waals surface area (Å²) in [6.45, 7) is 15.5. The van der Waals surface area contributed by atoms with E-state index in [2.05, 4.69) is 47.6 Å². The van der Waals surface area contributed by atoms with Gasteiger partial charge in [-0.15, -0.1) is 0 Å². The third-order valence-electron chi connectivity index (χ3n) is 11.0. The molecule has 0 N–H and O–H groups in total. The zero-order chi connectivity index (χ0) is 35.2. The normalized spacial score (nSPS) is 33.2. The molecule has 1 aromatic carbocycles. The van der Waals surface area contributed by atoms with Crippen molar-refractivity contribution in [2.24, 2.45) is 5.92 Å². The highest BCUT2D eigenvalue weighted by Crippen LogP contribution is 2.48. The maximum Gasteiger partial charge on any atom is 0.338 e. The lowest BCUT2D eigenvalue weighted by Crippen LogP contribution is -2.66. The van der Waals surface area contributed by atoms with Crippen LogP contribution in [0.25, 0.3) is 0 Å². The van der Waals surface area contributed by atoms with Crippen LogP contribution >= 0.6 is 0 Å². The van der Waals surface area contributed by atoms with E-state index >= 15 is 0 Å². The molecule has 3 fully saturated rings. The number of carbonyl (C=O) groups is 2. The molecule has 3 heterocycles. The van der Waals surface area contributed by atoms with Gasteiger partial charge in [-0.3, -0.25) is 0 Å². The number of esters is 1. The Balaban J connectivity index is 1.75. The summed E-state index contributed by atoms with van der Waals surface area (Å²) < 4.78 is 45.2. The molecule has 10 nitrogen and oxygen atoms in total. The largest absolute Gasteiger partial charge is 0.455 e. The van der Waals surface area contributed by atoms with Gasteiger partial charge in [0.05, 0.1) is 61.3 Å². The van der Waals surface area contributed by atoms with Crippen molar-refractivity contribution in [3.8, 4) is 6.07 Å². The standard InChI is InChI=1S/C37H57NO9Si/c1-23(2)48(24(3)4,25(5)6)47-34(15-16-38)37(7)35(45-36(40)27-13-11-10-12-14-27)20-31-32(46-37)18-26(21-39)17-29-30(43-31)19-28(42-9)33(44-29)22-41-8/h10-14,21,23-26,28-35H,15,17-20,22H2,1-9H3/t26-,28+,29+,30-,31+,32-,33-,34-,35-,37+/m1/s1. The fraction of sp³-hybridized carbons (Fsp3) is 0.757. The van der Waals surface area contributed by atoms with Crippen molar-refractivity contribution < 1.29 is 42.4 Å². The van der Waals surface area contributed by atoms with Crippen LogP contribution in [0.1, 0.15) is 90.9 Å². The van der Waals surface area contributed by atoms with Crippen LogP contribution in [0.15, 0.2) is 30.3 Å². The van der Waals surface area contributed by atoms with Gasteiger partial charge in [0, 0.05) is 33.0 Å². The second kappa shape index (κ2) is 16.7. The molecule has 1 aromatic rings. The number of benzene rings is 1. The summed E-state index contributed by atoms with van der Waals surface area (Å²) in [7, 11) is 0.753. The number of hydrogen-bond acceptors (Lipinski definition) is 10. The predicted molar refractivity (Wildman–Crippen MR) is 183 cm³/mol. The van der Waals surface area contributed by atoms with Crippen LogP contribution in [0.3, 0.4) is 0 Å². The van der Waals surface area contributed by atoms with Crippen molar-refractivity contribution >= 4 is 20.6 Å². The average molecular weight is 688 g/mol. The Bertz CT molecular complexity index is 1220. The van der Waals surface area contributed by atoms with Gasteiger partial charge in [-0.25, -0.2) is 4.79 Å². The van der Waals surface area contributed by atoms with Crippen molar-refractivity contribution in [1.29, 1.82) is 5.26 Å². The third-order valence-corrected chi connectivity index (χ3v) is 17.1. The molecule has 0 bridgehead atoms. The van der Waals surface area contributed by atoms with Crippen molar-refractivity contribution in [3.05, 3.63) is 35.9 Å². The first-order valence-corrected chi connectivity index (χ1v) is 19.7. The minimum atomic E-state index is -2.52. The molecule has 0 aliphatic carbocycles. The maximum atomic E-state index is 13.7.